The second-order valence-electron chi connectivity index (χ2n) is 3.60. The van der Waals surface area contributed by atoms with Gasteiger partial charge in [-0.05, 0) is 26.0 Å². The van der Waals surface area contributed by atoms with Gasteiger partial charge >= 0.3 is 6.18 Å². The highest BCUT2D eigenvalue weighted by Gasteiger charge is 2.30. The van der Waals surface area contributed by atoms with Crippen molar-refractivity contribution in [2.24, 2.45) is 0 Å². The van der Waals surface area contributed by atoms with Crippen LogP contribution in [-0.2, 0) is 0 Å². The highest BCUT2D eigenvalue weighted by molar-refractivity contribution is 5.46. The average molecular weight is 243 g/mol. The van der Waals surface area contributed by atoms with Crippen LogP contribution >= 0.6 is 0 Å². The molecule has 0 fully saturated rings. The molecule has 0 aliphatic heterocycles. The van der Waals surface area contributed by atoms with Crippen molar-refractivity contribution in [1.82, 2.24) is 4.98 Å². The van der Waals surface area contributed by atoms with E-state index in [1.165, 1.54) is 12.1 Å². The van der Waals surface area contributed by atoms with E-state index in [0.29, 0.717) is 11.3 Å². The third-order valence-corrected chi connectivity index (χ3v) is 2.14. The number of pyridine rings is 1. The van der Waals surface area contributed by atoms with Crippen LogP contribution in [0.3, 0.4) is 0 Å². The number of aryl methyl sites for hydroxylation is 1. The number of alkyl halides is 3. The highest BCUT2D eigenvalue weighted by atomic mass is 19.4. The Labute approximate surface area is 97.5 Å². The normalized spacial score (nSPS) is 11.1. The fraction of sp³-hybridized carbons (Fsp3) is 0.455. The summed E-state index contributed by atoms with van der Waals surface area (Å²) in [6, 6.07) is 4.80. The summed E-state index contributed by atoms with van der Waals surface area (Å²) >= 11 is 0. The lowest BCUT2D eigenvalue weighted by atomic mass is 10.2. The molecule has 0 amide bonds. The molecule has 0 atom stereocenters. The van der Waals surface area contributed by atoms with Gasteiger partial charge in [0, 0.05) is 12.2 Å². The quantitative estimate of drug-likeness (QED) is 0.819. The van der Waals surface area contributed by atoms with E-state index in [9.17, 15) is 13.2 Å². The molecule has 0 bridgehead atoms. The van der Waals surface area contributed by atoms with Gasteiger partial charge in [0.2, 0.25) is 0 Å². The Morgan fingerprint density at radius 1 is 1.41 bits per heavy atom. The Bertz CT molecular complexity index is 435. The van der Waals surface area contributed by atoms with Crippen molar-refractivity contribution in [3.05, 3.63) is 23.4 Å². The third-order valence-electron chi connectivity index (χ3n) is 2.14. The second-order valence-corrected chi connectivity index (χ2v) is 3.60. The third kappa shape index (κ3) is 3.94. The van der Waals surface area contributed by atoms with Crippen molar-refractivity contribution in [3.63, 3.8) is 0 Å². The second kappa shape index (κ2) is 5.04. The minimum absolute atomic E-state index is 0.181. The van der Waals surface area contributed by atoms with Crippen molar-refractivity contribution in [2.75, 3.05) is 18.0 Å². The summed E-state index contributed by atoms with van der Waals surface area (Å²) in [7, 11) is 0. The number of aromatic nitrogens is 1. The highest BCUT2D eigenvalue weighted by Crippen LogP contribution is 2.21. The van der Waals surface area contributed by atoms with Gasteiger partial charge < -0.3 is 4.90 Å². The smallest absolute Gasteiger partial charge is 0.348 e. The summed E-state index contributed by atoms with van der Waals surface area (Å²) in [5, 5.41) is 8.76. The number of rotatable bonds is 3. The van der Waals surface area contributed by atoms with E-state index in [1.807, 2.05) is 6.07 Å². The summed E-state index contributed by atoms with van der Waals surface area (Å²) in [5.41, 5.74) is 0.841. The van der Waals surface area contributed by atoms with Gasteiger partial charge in [0.15, 0.2) is 0 Å². The molecule has 0 unspecified atom stereocenters. The van der Waals surface area contributed by atoms with Gasteiger partial charge in [-0.3, -0.25) is 0 Å². The Hall–Kier alpha value is -1.77. The van der Waals surface area contributed by atoms with Crippen LogP contribution in [0.25, 0.3) is 0 Å². The first kappa shape index (κ1) is 13.3. The zero-order valence-corrected chi connectivity index (χ0v) is 9.54. The first-order chi connectivity index (χ1) is 7.85. The van der Waals surface area contributed by atoms with Crippen LogP contribution in [-0.4, -0.2) is 24.2 Å². The Kier molecular flexibility index (Phi) is 3.94. The lowest BCUT2D eigenvalue weighted by molar-refractivity contribution is -0.119. The molecule has 17 heavy (non-hydrogen) atoms. The molecule has 1 aromatic heterocycles. The van der Waals surface area contributed by atoms with E-state index >= 15 is 0 Å². The minimum Gasteiger partial charge on any atom is -0.348 e. The summed E-state index contributed by atoms with van der Waals surface area (Å²) in [5.74, 6) is 0.182. The average Bonchev–Trinajstić information content (AvgIpc) is 2.23. The molecule has 0 aliphatic carbocycles. The van der Waals surface area contributed by atoms with E-state index in [1.54, 1.807) is 13.8 Å². The molecule has 1 aromatic rings. The lowest BCUT2D eigenvalue weighted by Gasteiger charge is -2.23. The van der Waals surface area contributed by atoms with Crippen LogP contribution < -0.4 is 4.90 Å². The van der Waals surface area contributed by atoms with Crippen molar-refractivity contribution in [1.29, 1.82) is 5.26 Å². The van der Waals surface area contributed by atoms with Crippen molar-refractivity contribution < 1.29 is 13.2 Å². The molecule has 0 aromatic carbocycles. The van der Waals surface area contributed by atoms with Crippen molar-refractivity contribution in [2.45, 2.75) is 20.0 Å². The number of halogens is 3. The standard InChI is InChI=1S/C11H12F3N3/c1-3-17(7-11(12,13)14)10-5-9(6-15)4-8(2)16-10/h4-5H,3,7H2,1-2H3. The number of hydrogen-bond donors (Lipinski definition) is 0. The molecule has 6 heteroatoms. The molecule has 92 valence electrons. The van der Waals surface area contributed by atoms with Crippen LogP contribution in [0.5, 0.6) is 0 Å². The Morgan fingerprint density at radius 3 is 2.53 bits per heavy atom. The number of nitriles is 1. The van der Waals surface area contributed by atoms with E-state index in [0.717, 1.165) is 4.90 Å². The van der Waals surface area contributed by atoms with E-state index in [4.69, 9.17) is 5.26 Å². The largest absolute Gasteiger partial charge is 0.405 e. The maximum absolute atomic E-state index is 12.3. The molecular formula is C11H12F3N3. The minimum atomic E-state index is -4.28. The van der Waals surface area contributed by atoms with E-state index < -0.39 is 12.7 Å². The summed E-state index contributed by atoms with van der Waals surface area (Å²) in [4.78, 5) is 5.10. The number of anilines is 1. The molecule has 0 saturated heterocycles. The maximum Gasteiger partial charge on any atom is 0.405 e. The molecule has 0 spiro atoms. The molecule has 0 saturated carbocycles. The van der Waals surface area contributed by atoms with Gasteiger partial charge in [-0.25, -0.2) is 4.98 Å². The molecule has 1 heterocycles. The summed E-state index contributed by atoms with van der Waals surface area (Å²) < 4.78 is 37.0. The Balaban J connectivity index is 3.04. The monoisotopic (exact) mass is 243 g/mol. The summed E-state index contributed by atoms with van der Waals surface area (Å²) in [6.07, 6.45) is -4.28. The van der Waals surface area contributed by atoms with Gasteiger partial charge in [0.1, 0.15) is 12.4 Å². The van der Waals surface area contributed by atoms with Crippen LogP contribution in [0.1, 0.15) is 18.2 Å². The first-order valence-electron chi connectivity index (χ1n) is 5.06. The SMILES string of the molecule is CCN(CC(F)(F)F)c1cc(C#N)cc(C)n1. The van der Waals surface area contributed by atoms with Gasteiger partial charge in [-0.15, -0.1) is 0 Å². The van der Waals surface area contributed by atoms with Gasteiger partial charge in [0.05, 0.1) is 11.6 Å². The van der Waals surface area contributed by atoms with E-state index in [2.05, 4.69) is 4.98 Å². The number of hydrogen-bond acceptors (Lipinski definition) is 3. The molecule has 0 N–H and O–H groups in total. The molecular weight excluding hydrogens is 231 g/mol. The van der Waals surface area contributed by atoms with Crippen LogP contribution in [0, 0.1) is 18.3 Å². The first-order valence-corrected chi connectivity index (χ1v) is 5.06. The number of nitrogens with zero attached hydrogens (tertiary/aromatic N) is 3. The lowest BCUT2D eigenvalue weighted by Crippen LogP contribution is -2.34. The molecule has 0 radical (unpaired) electrons. The van der Waals surface area contributed by atoms with Gasteiger partial charge in [0.25, 0.3) is 0 Å². The topological polar surface area (TPSA) is 39.9 Å². The molecule has 3 nitrogen and oxygen atoms in total. The summed E-state index contributed by atoms with van der Waals surface area (Å²) in [6.45, 7) is 2.37. The van der Waals surface area contributed by atoms with Crippen LogP contribution in [0.2, 0.25) is 0 Å². The van der Waals surface area contributed by atoms with Crippen molar-refractivity contribution in [3.8, 4) is 6.07 Å². The van der Waals surface area contributed by atoms with Crippen molar-refractivity contribution >= 4 is 5.82 Å². The zero-order chi connectivity index (χ0) is 13.1. The van der Waals surface area contributed by atoms with Gasteiger partial charge in [-0.2, -0.15) is 18.4 Å². The fourth-order valence-corrected chi connectivity index (χ4v) is 1.45. The Morgan fingerprint density at radius 2 is 2.06 bits per heavy atom. The molecule has 0 aliphatic rings. The van der Waals surface area contributed by atoms with Crippen LogP contribution in [0.15, 0.2) is 12.1 Å². The van der Waals surface area contributed by atoms with E-state index in [-0.39, 0.29) is 12.4 Å². The molecule has 1 rings (SSSR count). The predicted octanol–water partition coefficient (Wildman–Crippen LogP) is 2.65. The fourth-order valence-electron chi connectivity index (χ4n) is 1.45. The van der Waals surface area contributed by atoms with Crippen LogP contribution in [0.4, 0.5) is 19.0 Å². The van der Waals surface area contributed by atoms with Gasteiger partial charge in [-0.1, -0.05) is 0 Å². The maximum atomic E-state index is 12.3. The predicted molar refractivity (Wildman–Crippen MR) is 57.6 cm³/mol. The zero-order valence-electron chi connectivity index (χ0n) is 9.54.